The summed E-state index contributed by atoms with van der Waals surface area (Å²) in [6, 6.07) is 6.16. The van der Waals surface area contributed by atoms with E-state index >= 15 is 0 Å². The first-order valence-electron chi connectivity index (χ1n) is 8.64. The van der Waals surface area contributed by atoms with Crippen molar-refractivity contribution in [1.82, 2.24) is 20.3 Å². The number of rotatable bonds is 6. The van der Waals surface area contributed by atoms with Crippen LogP contribution in [0.2, 0.25) is 0 Å². The molecule has 3 aromatic rings. The summed E-state index contributed by atoms with van der Waals surface area (Å²) in [5.74, 6) is 2.37. The van der Waals surface area contributed by atoms with Gasteiger partial charge in [-0.05, 0) is 23.6 Å². The predicted octanol–water partition coefficient (Wildman–Crippen LogP) is 3.10. The Morgan fingerprint density at radius 1 is 1.32 bits per heavy atom. The van der Waals surface area contributed by atoms with Gasteiger partial charge in [0.15, 0.2) is 0 Å². The van der Waals surface area contributed by atoms with Crippen LogP contribution in [0.4, 0.5) is 0 Å². The van der Waals surface area contributed by atoms with Gasteiger partial charge in [-0.3, -0.25) is 0 Å². The van der Waals surface area contributed by atoms with Crippen LogP contribution in [-0.4, -0.2) is 28.1 Å². The second kappa shape index (κ2) is 7.51. The van der Waals surface area contributed by atoms with Crippen LogP contribution in [0.15, 0.2) is 33.4 Å². The summed E-state index contributed by atoms with van der Waals surface area (Å²) in [7, 11) is 0. The Hall–Kier alpha value is -1.96. The van der Waals surface area contributed by atoms with E-state index in [1.807, 2.05) is 16.8 Å². The van der Waals surface area contributed by atoms with E-state index in [1.54, 1.807) is 11.3 Å². The van der Waals surface area contributed by atoms with Crippen molar-refractivity contribution in [2.45, 2.75) is 33.0 Å². The number of fused-ring (bicyclic) bond motifs is 1. The smallest absolute Gasteiger partial charge is 0.119 e. The molecule has 4 rings (SSSR count). The first-order valence-corrected chi connectivity index (χ1v) is 9.58. The minimum atomic E-state index is 0.360. The molecular formula is C18H22N4O2S. The van der Waals surface area contributed by atoms with Gasteiger partial charge in [-0.1, -0.05) is 12.1 Å². The number of aryl methyl sites for hydroxylation is 1. The van der Waals surface area contributed by atoms with Gasteiger partial charge in [0, 0.05) is 36.4 Å². The Kier molecular flexibility index (Phi) is 4.96. The monoisotopic (exact) mass is 358 g/mol. The third kappa shape index (κ3) is 3.68. The van der Waals surface area contributed by atoms with E-state index in [-0.39, 0.29) is 0 Å². The fraction of sp³-hybridized carbons (Fsp3) is 0.444. The van der Waals surface area contributed by atoms with Crippen LogP contribution in [0.5, 0.6) is 0 Å². The number of furan rings is 1. The van der Waals surface area contributed by atoms with E-state index in [0.717, 1.165) is 61.1 Å². The molecule has 0 radical (unpaired) electrons. The summed E-state index contributed by atoms with van der Waals surface area (Å²) in [4.78, 5) is 0. The first kappa shape index (κ1) is 16.5. The lowest BCUT2D eigenvalue weighted by Crippen LogP contribution is -2.28. The lowest BCUT2D eigenvalue weighted by atomic mass is 10.1. The highest BCUT2D eigenvalue weighted by Gasteiger charge is 2.22. The number of thiophene rings is 1. The fourth-order valence-corrected chi connectivity index (χ4v) is 3.74. The molecule has 0 saturated carbocycles. The lowest BCUT2D eigenvalue weighted by Gasteiger charge is -2.14. The average Bonchev–Trinajstić information content (AvgIpc) is 3.34. The van der Waals surface area contributed by atoms with E-state index < -0.39 is 0 Å². The molecule has 0 saturated heterocycles. The van der Waals surface area contributed by atoms with Crippen molar-refractivity contribution in [2.75, 3.05) is 13.2 Å². The van der Waals surface area contributed by atoms with Gasteiger partial charge >= 0.3 is 0 Å². The van der Waals surface area contributed by atoms with Crippen molar-refractivity contribution < 1.29 is 9.15 Å². The molecule has 3 aromatic heterocycles. The lowest BCUT2D eigenvalue weighted by molar-refractivity contribution is 0.0940. The predicted molar refractivity (Wildman–Crippen MR) is 96.3 cm³/mol. The van der Waals surface area contributed by atoms with Crippen LogP contribution >= 0.6 is 11.3 Å². The van der Waals surface area contributed by atoms with Gasteiger partial charge in [-0.15, -0.1) is 5.10 Å². The van der Waals surface area contributed by atoms with Crippen molar-refractivity contribution in [3.05, 3.63) is 46.2 Å². The fourth-order valence-electron chi connectivity index (χ4n) is 3.10. The molecule has 7 heteroatoms. The molecule has 0 aromatic carbocycles. The molecule has 1 aliphatic rings. The standard InChI is InChI=1S/C18H22N4O2S/c1-2-15-3-4-16(24-15)8-19-7-13-9-22-17(11-23-10-13)18(20-21-22)14-5-6-25-12-14/h3-6,12-13,19H,2,7-11H2,1H3. The van der Waals surface area contributed by atoms with Gasteiger partial charge in [0.05, 0.1) is 25.5 Å². The zero-order valence-corrected chi connectivity index (χ0v) is 15.1. The maximum absolute atomic E-state index is 5.89. The normalized spacial score (nSPS) is 17.4. The van der Waals surface area contributed by atoms with E-state index in [1.165, 1.54) is 0 Å². The second-order valence-electron chi connectivity index (χ2n) is 6.31. The van der Waals surface area contributed by atoms with Gasteiger partial charge in [-0.25, -0.2) is 4.68 Å². The van der Waals surface area contributed by atoms with Crippen LogP contribution < -0.4 is 5.32 Å². The number of hydrogen-bond acceptors (Lipinski definition) is 6. The van der Waals surface area contributed by atoms with E-state index in [0.29, 0.717) is 12.5 Å². The minimum Gasteiger partial charge on any atom is -0.465 e. The molecule has 1 atom stereocenters. The van der Waals surface area contributed by atoms with Crippen LogP contribution in [0.3, 0.4) is 0 Å². The van der Waals surface area contributed by atoms with Crippen molar-refractivity contribution in [3.63, 3.8) is 0 Å². The van der Waals surface area contributed by atoms with E-state index in [9.17, 15) is 0 Å². The second-order valence-corrected chi connectivity index (χ2v) is 7.09. The molecular weight excluding hydrogens is 336 g/mol. The van der Waals surface area contributed by atoms with Crippen molar-refractivity contribution >= 4 is 11.3 Å². The summed E-state index contributed by atoms with van der Waals surface area (Å²) in [6.45, 7) is 5.79. The van der Waals surface area contributed by atoms with Gasteiger partial charge in [-0.2, -0.15) is 11.3 Å². The molecule has 1 unspecified atom stereocenters. The van der Waals surface area contributed by atoms with E-state index in [2.05, 4.69) is 39.4 Å². The SMILES string of the molecule is CCc1ccc(CNCC2COCc3c(-c4ccsc4)nnn3C2)o1. The summed E-state index contributed by atoms with van der Waals surface area (Å²) >= 11 is 1.67. The Bertz CT molecular complexity index is 809. The summed E-state index contributed by atoms with van der Waals surface area (Å²) in [5.41, 5.74) is 3.13. The van der Waals surface area contributed by atoms with Gasteiger partial charge in [0.25, 0.3) is 0 Å². The summed E-state index contributed by atoms with van der Waals surface area (Å²) in [6.07, 6.45) is 0.929. The highest BCUT2D eigenvalue weighted by Crippen LogP contribution is 2.26. The van der Waals surface area contributed by atoms with Crippen LogP contribution in [-0.2, 0) is 30.9 Å². The van der Waals surface area contributed by atoms with Crippen LogP contribution in [0.25, 0.3) is 11.3 Å². The molecule has 0 spiro atoms. The van der Waals surface area contributed by atoms with E-state index in [4.69, 9.17) is 9.15 Å². The molecule has 0 amide bonds. The Morgan fingerprint density at radius 3 is 3.04 bits per heavy atom. The van der Waals surface area contributed by atoms with Crippen molar-refractivity contribution in [2.24, 2.45) is 5.92 Å². The third-order valence-electron chi connectivity index (χ3n) is 4.45. The number of hydrogen-bond donors (Lipinski definition) is 1. The van der Waals surface area contributed by atoms with Crippen LogP contribution in [0, 0.1) is 5.92 Å². The maximum Gasteiger partial charge on any atom is 0.119 e. The van der Waals surface area contributed by atoms with Crippen molar-refractivity contribution in [1.29, 1.82) is 0 Å². The number of nitrogens with one attached hydrogen (secondary N) is 1. The number of aromatic nitrogens is 3. The Morgan fingerprint density at radius 2 is 2.24 bits per heavy atom. The largest absolute Gasteiger partial charge is 0.465 e. The molecule has 0 aliphatic carbocycles. The Balaban J connectivity index is 1.37. The quantitative estimate of drug-likeness (QED) is 0.733. The zero-order valence-electron chi connectivity index (χ0n) is 14.3. The maximum atomic E-state index is 5.89. The molecule has 4 heterocycles. The van der Waals surface area contributed by atoms with Crippen molar-refractivity contribution in [3.8, 4) is 11.3 Å². The Labute approximate surface area is 150 Å². The van der Waals surface area contributed by atoms with Crippen LogP contribution in [0.1, 0.15) is 24.1 Å². The minimum absolute atomic E-state index is 0.360. The molecule has 0 bridgehead atoms. The third-order valence-corrected chi connectivity index (χ3v) is 5.14. The average molecular weight is 358 g/mol. The van der Waals surface area contributed by atoms with Gasteiger partial charge in [0.2, 0.25) is 0 Å². The highest BCUT2D eigenvalue weighted by atomic mass is 32.1. The molecule has 6 nitrogen and oxygen atoms in total. The summed E-state index contributed by atoms with van der Waals surface area (Å²) in [5, 5.41) is 16.3. The molecule has 132 valence electrons. The topological polar surface area (TPSA) is 65.1 Å². The number of nitrogens with zero attached hydrogens (tertiary/aromatic N) is 3. The zero-order chi connectivity index (χ0) is 17.1. The summed E-state index contributed by atoms with van der Waals surface area (Å²) < 4.78 is 13.6. The number of ether oxygens (including phenoxy) is 1. The molecule has 0 fully saturated rings. The van der Waals surface area contributed by atoms with Gasteiger partial charge < -0.3 is 14.5 Å². The molecule has 1 N–H and O–H groups in total. The molecule has 1 aliphatic heterocycles. The molecule has 25 heavy (non-hydrogen) atoms. The first-order chi connectivity index (χ1) is 12.3. The van der Waals surface area contributed by atoms with Gasteiger partial charge in [0.1, 0.15) is 17.2 Å². The highest BCUT2D eigenvalue weighted by molar-refractivity contribution is 7.08.